The minimum absolute atomic E-state index is 0.150. The third-order valence-corrected chi connectivity index (χ3v) is 3.04. The highest BCUT2D eigenvalue weighted by atomic mass is 16.1. The van der Waals surface area contributed by atoms with Gasteiger partial charge in [0.25, 0.3) is 5.91 Å². The van der Waals surface area contributed by atoms with Crippen LogP contribution in [-0.4, -0.2) is 17.4 Å². The van der Waals surface area contributed by atoms with Gasteiger partial charge in [0.1, 0.15) is 0 Å². The third-order valence-electron chi connectivity index (χ3n) is 3.04. The van der Waals surface area contributed by atoms with Crippen LogP contribution in [0.15, 0.2) is 12.3 Å². The minimum Gasteiger partial charge on any atom is -0.398 e. The molecule has 3 N–H and O–H groups in total. The Morgan fingerprint density at radius 1 is 1.47 bits per heavy atom. The van der Waals surface area contributed by atoms with Crippen molar-refractivity contribution in [2.24, 2.45) is 11.8 Å². The van der Waals surface area contributed by atoms with Crippen molar-refractivity contribution in [1.29, 1.82) is 0 Å². The molecule has 0 saturated heterocycles. The molecule has 0 radical (unpaired) electrons. The van der Waals surface area contributed by atoms with Gasteiger partial charge >= 0.3 is 0 Å². The van der Waals surface area contributed by atoms with Gasteiger partial charge in [-0.05, 0) is 24.8 Å². The van der Waals surface area contributed by atoms with Crippen LogP contribution < -0.4 is 11.1 Å². The molecule has 0 aliphatic carbocycles. The van der Waals surface area contributed by atoms with Crippen molar-refractivity contribution in [2.45, 2.75) is 27.7 Å². The van der Waals surface area contributed by atoms with Gasteiger partial charge in [-0.25, -0.2) is 0 Å². The summed E-state index contributed by atoms with van der Waals surface area (Å²) in [6.07, 6.45) is 1.53. The Kier molecular flexibility index (Phi) is 4.49. The first-order valence-corrected chi connectivity index (χ1v) is 5.92. The molecule has 4 nitrogen and oxygen atoms in total. The van der Waals surface area contributed by atoms with Crippen LogP contribution in [-0.2, 0) is 0 Å². The molecule has 4 heteroatoms. The summed E-state index contributed by atoms with van der Waals surface area (Å²) in [6, 6.07) is 1.71. The van der Waals surface area contributed by atoms with E-state index in [-0.39, 0.29) is 5.91 Å². The number of nitrogen functional groups attached to an aromatic ring is 1. The lowest BCUT2D eigenvalue weighted by Crippen LogP contribution is -2.30. The van der Waals surface area contributed by atoms with Crippen LogP contribution in [0, 0.1) is 18.8 Å². The van der Waals surface area contributed by atoms with Gasteiger partial charge < -0.3 is 11.1 Å². The van der Waals surface area contributed by atoms with E-state index >= 15 is 0 Å². The van der Waals surface area contributed by atoms with E-state index in [0.717, 1.165) is 5.69 Å². The minimum atomic E-state index is -0.150. The summed E-state index contributed by atoms with van der Waals surface area (Å²) >= 11 is 0. The fraction of sp³-hybridized carbons (Fsp3) is 0.538. The van der Waals surface area contributed by atoms with Gasteiger partial charge in [0, 0.05) is 24.1 Å². The van der Waals surface area contributed by atoms with Crippen molar-refractivity contribution in [2.75, 3.05) is 12.3 Å². The van der Waals surface area contributed by atoms with Gasteiger partial charge in [0.05, 0.1) is 5.56 Å². The van der Waals surface area contributed by atoms with Crippen LogP contribution in [0.2, 0.25) is 0 Å². The quantitative estimate of drug-likeness (QED) is 0.838. The first kappa shape index (κ1) is 13.5. The maximum atomic E-state index is 11.9. The highest BCUT2D eigenvalue weighted by molar-refractivity contribution is 5.98. The Morgan fingerprint density at radius 2 is 2.12 bits per heavy atom. The molecule has 0 fully saturated rings. The molecule has 0 saturated carbocycles. The number of pyridine rings is 1. The van der Waals surface area contributed by atoms with E-state index in [1.165, 1.54) is 6.20 Å². The molecule has 0 aliphatic rings. The fourth-order valence-corrected chi connectivity index (χ4v) is 1.36. The van der Waals surface area contributed by atoms with Gasteiger partial charge in [-0.15, -0.1) is 0 Å². The van der Waals surface area contributed by atoms with E-state index in [0.29, 0.717) is 29.6 Å². The zero-order valence-electron chi connectivity index (χ0n) is 10.9. The van der Waals surface area contributed by atoms with E-state index in [1.807, 2.05) is 6.92 Å². The molecule has 0 aromatic carbocycles. The Hall–Kier alpha value is -1.58. The van der Waals surface area contributed by atoms with E-state index in [1.54, 1.807) is 6.07 Å². The molecule has 1 heterocycles. The number of rotatable bonds is 4. The van der Waals surface area contributed by atoms with Crippen LogP contribution >= 0.6 is 0 Å². The van der Waals surface area contributed by atoms with E-state index in [2.05, 4.69) is 31.1 Å². The number of aryl methyl sites for hydroxylation is 1. The van der Waals surface area contributed by atoms with Gasteiger partial charge in [-0.3, -0.25) is 9.78 Å². The summed E-state index contributed by atoms with van der Waals surface area (Å²) in [4.78, 5) is 16.0. The summed E-state index contributed by atoms with van der Waals surface area (Å²) in [5, 5.41) is 2.88. The average molecular weight is 235 g/mol. The summed E-state index contributed by atoms with van der Waals surface area (Å²) < 4.78 is 0. The SMILES string of the molecule is Cc1cc(N)c(C(=O)NCC(C)C(C)C)cn1. The second kappa shape index (κ2) is 5.66. The first-order chi connectivity index (χ1) is 7.91. The lowest BCUT2D eigenvalue weighted by molar-refractivity contribution is 0.0945. The zero-order chi connectivity index (χ0) is 13.0. The average Bonchev–Trinajstić information content (AvgIpc) is 2.25. The number of hydrogen-bond donors (Lipinski definition) is 2. The van der Waals surface area contributed by atoms with Crippen LogP contribution in [0.4, 0.5) is 5.69 Å². The number of hydrogen-bond acceptors (Lipinski definition) is 3. The van der Waals surface area contributed by atoms with E-state index in [9.17, 15) is 4.79 Å². The largest absolute Gasteiger partial charge is 0.398 e. The maximum Gasteiger partial charge on any atom is 0.254 e. The second-order valence-corrected chi connectivity index (χ2v) is 4.84. The van der Waals surface area contributed by atoms with Crippen molar-refractivity contribution in [3.05, 3.63) is 23.5 Å². The molecule has 0 spiro atoms. The molecular formula is C13H21N3O. The number of anilines is 1. The lowest BCUT2D eigenvalue weighted by atomic mass is 9.98. The predicted octanol–water partition coefficient (Wildman–Crippen LogP) is 1.99. The van der Waals surface area contributed by atoms with Crippen LogP contribution in [0.3, 0.4) is 0 Å². The summed E-state index contributed by atoms with van der Waals surface area (Å²) in [7, 11) is 0. The Bertz CT molecular complexity index is 402. The Morgan fingerprint density at radius 3 is 2.65 bits per heavy atom. The van der Waals surface area contributed by atoms with Gasteiger partial charge in [0.15, 0.2) is 0 Å². The normalized spacial score (nSPS) is 12.5. The van der Waals surface area contributed by atoms with Crippen molar-refractivity contribution in [3.63, 3.8) is 0 Å². The third kappa shape index (κ3) is 3.73. The number of aromatic nitrogens is 1. The molecule has 1 amide bonds. The molecule has 1 aromatic heterocycles. The van der Waals surface area contributed by atoms with Crippen molar-refractivity contribution in [1.82, 2.24) is 10.3 Å². The molecule has 1 rings (SSSR count). The van der Waals surface area contributed by atoms with Crippen LogP contribution in [0.5, 0.6) is 0 Å². The number of carbonyl (C=O) groups excluding carboxylic acids is 1. The number of nitrogens with one attached hydrogen (secondary N) is 1. The zero-order valence-corrected chi connectivity index (χ0v) is 10.9. The van der Waals surface area contributed by atoms with Crippen molar-refractivity contribution < 1.29 is 4.79 Å². The highest BCUT2D eigenvalue weighted by Crippen LogP contribution is 2.12. The number of amides is 1. The number of nitrogens with zero attached hydrogens (tertiary/aromatic N) is 1. The van der Waals surface area contributed by atoms with E-state index < -0.39 is 0 Å². The standard InChI is InChI=1S/C13H21N3O/c1-8(2)9(3)6-16-13(17)11-7-15-10(4)5-12(11)14/h5,7-9H,6H2,1-4H3,(H2,14,15)(H,16,17). The highest BCUT2D eigenvalue weighted by Gasteiger charge is 2.13. The first-order valence-electron chi connectivity index (χ1n) is 5.92. The molecule has 1 aromatic rings. The lowest BCUT2D eigenvalue weighted by Gasteiger charge is -2.16. The van der Waals surface area contributed by atoms with E-state index in [4.69, 9.17) is 5.73 Å². The monoisotopic (exact) mass is 235 g/mol. The van der Waals surface area contributed by atoms with Crippen LogP contribution in [0.25, 0.3) is 0 Å². The van der Waals surface area contributed by atoms with Gasteiger partial charge in [-0.2, -0.15) is 0 Å². The summed E-state index contributed by atoms with van der Waals surface area (Å²) in [5.74, 6) is 0.838. The molecular weight excluding hydrogens is 214 g/mol. The Labute approximate surface area is 103 Å². The topological polar surface area (TPSA) is 68.0 Å². The van der Waals surface area contributed by atoms with Crippen LogP contribution in [0.1, 0.15) is 36.8 Å². The summed E-state index contributed by atoms with van der Waals surface area (Å²) in [5.41, 5.74) is 7.53. The van der Waals surface area contributed by atoms with Gasteiger partial charge in [0.2, 0.25) is 0 Å². The fourth-order valence-electron chi connectivity index (χ4n) is 1.36. The number of nitrogens with two attached hydrogens (primary N) is 1. The predicted molar refractivity (Wildman–Crippen MR) is 69.7 cm³/mol. The smallest absolute Gasteiger partial charge is 0.254 e. The molecule has 1 unspecified atom stereocenters. The van der Waals surface area contributed by atoms with Crippen molar-refractivity contribution in [3.8, 4) is 0 Å². The molecule has 94 valence electrons. The Balaban J connectivity index is 2.64. The second-order valence-electron chi connectivity index (χ2n) is 4.84. The van der Waals surface area contributed by atoms with Gasteiger partial charge in [-0.1, -0.05) is 20.8 Å². The summed E-state index contributed by atoms with van der Waals surface area (Å²) in [6.45, 7) is 8.89. The molecule has 0 aliphatic heterocycles. The maximum absolute atomic E-state index is 11.9. The molecule has 17 heavy (non-hydrogen) atoms. The number of carbonyl (C=O) groups is 1. The molecule has 1 atom stereocenters. The van der Waals surface area contributed by atoms with Crippen molar-refractivity contribution >= 4 is 11.6 Å². The molecule has 0 bridgehead atoms.